The third-order valence-electron chi connectivity index (χ3n) is 6.71. The van der Waals surface area contributed by atoms with E-state index in [4.69, 9.17) is 49.0 Å². The Morgan fingerprint density at radius 2 is 1.60 bits per heavy atom. The van der Waals surface area contributed by atoms with Gasteiger partial charge in [0.2, 0.25) is 0 Å². The number of barbiturate groups is 1. The van der Waals surface area contributed by atoms with Crippen molar-refractivity contribution < 1.29 is 28.6 Å². The summed E-state index contributed by atoms with van der Waals surface area (Å²) in [4.78, 5) is 39.9. The second-order valence-electron chi connectivity index (χ2n) is 10.0. The van der Waals surface area contributed by atoms with Crippen molar-refractivity contribution in [1.82, 2.24) is 5.32 Å². The molecule has 0 atom stereocenters. The number of hydrogen-bond acceptors (Lipinski definition) is 6. The maximum Gasteiger partial charge on any atom is 0.335 e. The van der Waals surface area contributed by atoms with E-state index in [2.05, 4.69) is 5.32 Å². The molecule has 1 aliphatic heterocycles. The van der Waals surface area contributed by atoms with Crippen LogP contribution in [0.1, 0.15) is 29.2 Å². The second kappa shape index (κ2) is 14.1. The van der Waals surface area contributed by atoms with E-state index in [0.29, 0.717) is 39.5 Å². The molecule has 4 aromatic carbocycles. The van der Waals surface area contributed by atoms with Gasteiger partial charge in [0.05, 0.1) is 17.3 Å². The molecule has 1 fully saturated rings. The molecule has 45 heavy (non-hydrogen) atoms. The van der Waals surface area contributed by atoms with Gasteiger partial charge in [-0.3, -0.25) is 14.9 Å². The third-order valence-corrected chi connectivity index (χ3v) is 7.58. The smallest absolute Gasteiger partial charge is 0.335 e. The molecule has 0 aromatic heterocycles. The molecule has 0 unspecified atom stereocenters. The number of hydrogen-bond donors (Lipinski definition) is 1. The van der Waals surface area contributed by atoms with Crippen LogP contribution in [0, 0.1) is 6.92 Å². The quantitative estimate of drug-likeness (QED) is 0.136. The molecule has 8 nitrogen and oxygen atoms in total. The lowest BCUT2D eigenvalue weighted by Gasteiger charge is -2.26. The Hall–Kier alpha value is -4.50. The molecule has 0 aliphatic carbocycles. The van der Waals surface area contributed by atoms with Crippen LogP contribution in [-0.4, -0.2) is 24.5 Å². The van der Waals surface area contributed by atoms with Crippen molar-refractivity contribution in [2.75, 3.05) is 11.5 Å². The number of amides is 4. The molecule has 230 valence electrons. The molecule has 4 amide bonds. The molecule has 0 saturated carbocycles. The van der Waals surface area contributed by atoms with E-state index in [1.165, 1.54) is 18.2 Å². The zero-order valence-electron chi connectivity index (χ0n) is 24.2. The molecule has 11 heteroatoms. The second-order valence-corrected chi connectivity index (χ2v) is 11.3. The number of aryl methyl sites for hydroxylation is 1. The van der Waals surface area contributed by atoms with Gasteiger partial charge in [0.25, 0.3) is 11.8 Å². The first-order valence-corrected chi connectivity index (χ1v) is 15.0. The van der Waals surface area contributed by atoms with Gasteiger partial charge in [-0.1, -0.05) is 70.7 Å². The highest BCUT2D eigenvalue weighted by molar-refractivity contribution is 6.39. The van der Waals surface area contributed by atoms with E-state index < -0.39 is 17.8 Å². The first kappa shape index (κ1) is 31.9. The van der Waals surface area contributed by atoms with Crippen molar-refractivity contribution >= 4 is 64.4 Å². The van der Waals surface area contributed by atoms with Crippen molar-refractivity contribution in [3.05, 3.63) is 122 Å². The molecule has 0 radical (unpaired) electrons. The van der Waals surface area contributed by atoms with Crippen LogP contribution in [0.2, 0.25) is 15.1 Å². The highest BCUT2D eigenvalue weighted by Crippen LogP contribution is 2.38. The van der Waals surface area contributed by atoms with Gasteiger partial charge in [-0.05, 0) is 79.6 Å². The zero-order valence-corrected chi connectivity index (χ0v) is 26.5. The fourth-order valence-electron chi connectivity index (χ4n) is 4.58. The summed E-state index contributed by atoms with van der Waals surface area (Å²) in [6, 6.07) is 21.5. The van der Waals surface area contributed by atoms with Crippen LogP contribution in [0.25, 0.3) is 6.08 Å². The number of ether oxygens (including phenoxy) is 3. The summed E-state index contributed by atoms with van der Waals surface area (Å²) in [5.74, 6) is -0.492. The van der Waals surface area contributed by atoms with E-state index >= 15 is 0 Å². The lowest BCUT2D eigenvalue weighted by atomic mass is 10.1. The predicted octanol–water partition coefficient (Wildman–Crippen LogP) is 8.18. The molecule has 5 rings (SSSR count). The molecule has 1 aliphatic rings. The number of rotatable bonds is 10. The monoisotopic (exact) mass is 664 g/mol. The van der Waals surface area contributed by atoms with Crippen molar-refractivity contribution in [3.63, 3.8) is 0 Å². The van der Waals surface area contributed by atoms with Crippen LogP contribution < -0.4 is 24.4 Å². The van der Waals surface area contributed by atoms with Crippen molar-refractivity contribution in [1.29, 1.82) is 0 Å². The van der Waals surface area contributed by atoms with Gasteiger partial charge >= 0.3 is 6.03 Å². The number of carbonyl (C=O) groups is 3. The maximum atomic E-state index is 13.5. The molecule has 4 aromatic rings. The van der Waals surface area contributed by atoms with Crippen LogP contribution in [0.5, 0.6) is 17.2 Å². The minimum atomic E-state index is -0.878. The lowest BCUT2D eigenvalue weighted by Crippen LogP contribution is -2.54. The molecular weight excluding hydrogens is 639 g/mol. The summed E-state index contributed by atoms with van der Waals surface area (Å²) in [5, 5.41) is 3.44. The number of anilines is 1. The van der Waals surface area contributed by atoms with Crippen LogP contribution in [0.4, 0.5) is 10.5 Å². The van der Waals surface area contributed by atoms with Gasteiger partial charge < -0.3 is 14.2 Å². The number of imide groups is 2. The third kappa shape index (κ3) is 7.60. The van der Waals surface area contributed by atoms with Crippen LogP contribution in [0.3, 0.4) is 0 Å². The van der Waals surface area contributed by atoms with E-state index in [1.807, 2.05) is 38.1 Å². The van der Waals surface area contributed by atoms with Gasteiger partial charge in [0, 0.05) is 15.6 Å². The number of urea groups is 1. The maximum absolute atomic E-state index is 13.5. The first-order chi connectivity index (χ1) is 21.6. The van der Waals surface area contributed by atoms with Crippen molar-refractivity contribution in [3.8, 4) is 17.2 Å². The van der Waals surface area contributed by atoms with Crippen molar-refractivity contribution in [2.45, 2.75) is 27.1 Å². The van der Waals surface area contributed by atoms with Crippen LogP contribution in [-0.2, 0) is 22.8 Å². The number of carbonyl (C=O) groups excluding carboxylic acids is 3. The normalized spacial score (nSPS) is 14.0. The zero-order chi connectivity index (χ0) is 32.1. The topological polar surface area (TPSA) is 94.2 Å². The summed E-state index contributed by atoms with van der Waals surface area (Å²) in [6.07, 6.45) is 1.35. The average Bonchev–Trinajstić information content (AvgIpc) is 2.99. The Morgan fingerprint density at radius 1 is 0.822 bits per heavy atom. The Morgan fingerprint density at radius 3 is 2.31 bits per heavy atom. The molecule has 1 saturated heterocycles. The highest BCUT2D eigenvalue weighted by atomic mass is 35.5. The molecule has 1 N–H and O–H groups in total. The van der Waals surface area contributed by atoms with Gasteiger partial charge in [0.15, 0.2) is 11.5 Å². The van der Waals surface area contributed by atoms with Gasteiger partial charge in [0.1, 0.15) is 24.5 Å². The minimum absolute atomic E-state index is 0.182. The summed E-state index contributed by atoms with van der Waals surface area (Å²) >= 11 is 18.8. The summed E-state index contributed by atoms with van der Waals surface area (Å²) < 4.78 is 17.6. The summed E-state index contributed by atoms with van der Waals surface area (Å²) in [5.41, 5.74) is 3.17. The Bertz CT molecular complexity index is 1810. The molecule has 0 bridgehead atoms. The fourth-order valence-corrected chi connectivity index (χ4v) is 5.32. The lowest BCUT2D eigenvalue weighted by molar-refractivity contribution is -0.122. The van der Waals surface area contributed by atoms with Crippen molar-refractivity contribution in [2.24, 2.45) is 0 Å². The number of nitrogens with one attached hydrogen (secondary N) is 1. The Labute approximate surface area is 275 Å². The van der Waals surface area contributed by atoms with E-state index in [1.54, 1.807) is 42.5 Å². The van der Waals surface area contributed by atoms with E-state index in [0.717, 1.165) is 21.6 Å². The van der Waals surface area contributed by atoms with Gasteiger partial charge in [-0.15, -0.1) is 0 Å². The predicted molar refractivity (Wildman–Crippen MR) is 174 cm³/mol. The van der Waals surface area contributed by atoms with Crippen LogP contribution >= 0.6 is 34.8 Å². The largest absolute Gasteiger partial charge is 0.490 e. The fraction of sp³-hybridized carbons (Fsp3) is 0.147. The van der Waals surface area contributed by atoms with Gasteiger partial charge in [-0.2, -0.15) is 0 Å². The van der Waals surface area contributed by atoms with E-state index in [-0.39, 0.29) is 29.5 Å². The number of halogens is 3. The first-order valence-electron chi connectivity index (χ1n) is 13.9. The summed E-state index contributed by atoms with van der Waals surface area (Å²) in [7, 11) is 0. The Balaban J connectivity index is 1.35. The highest BCUT2D eigenvalue weighted by Gasteiger charge is 2.37. The minimum Gasteiger partial charge on any atom is -0.490 e. The summed E-state index contributed by atoms with van der Waals surface area (Å²) in [6.45, 7) is 4.58. The van der Waals surface area contributed by atoms with E-state index in [9.17, 15) is 14.4 Å². The average molecular weight is 666 g/mol. The standard InChI is InChI=1S/C34H27Cl3N2O6/c1-3-43-30-16-22(15-29(37)31(30)45-18-21-6-4-5-20(2)13-21)14-27-32(40)38-34(42)39(33(27)41)25-9-11-26(12-10-25)44-19-23-7-8-24(35)17-28(23)36/h4-17H,3,18-19H2,1-2H3,(H,38,40,42)/b27-14+. The number of benzene rings is 4. The molecular formula is C34H27Cl3N2O6. The molecule has 0 spiro atoms. The number of nitrogens with zero attached hydrogens (tertiary/aromatic N) is 1. The Kier molecular flexibility index (Phi) is 9.98. The molecule has 1 heterocycles. The SMILES string of the molecule is CCOc1cc(/C=C2\C(=O)NC(=O)N(c3ccc(OCc4ccc(Cl)cc4Cl)cc3)C2=O)cc(Cl)c1OCc1cccc(C)c1. The van der Waals surface area contributed by atoms with Gasteiger partial charge in [-0.25, -0.2) is 9.69 Å². The van der Waals surface area contributed by atoms with Crippen LogP contribution in [0.15, 0.2) is 84.4 Å².